The van der Waals surface area contributed by atoms with Crippen LogP contribution in [-0.4, -0.2) is 15.8 Å². The van der Waals surface area contributed by atoms with Crippen LogP contribution >= 0.6 is 0 Å². The molecule has 0 spiro atoms. The Morgan fingerprint density at radius 3 is 2.60 bits per heavy atom. The number of nitrogens with two attached hydrogens (primary N) is 1. The highest BCUT2D eigenvalue weighted by atomic mass is 15.3. The summed E-state index contributed by atoms with van der Waals surface area (Å²) in [4.78, 5) is 0. The van der Waals surface area contributed by atoms with E-state index in [1.165, 1.54) is 22.4 Å². The Kier molecular flexibility index (Phi) is 4.61. The predicted octanol–water partition coefficient (Wildman–Crippen LogP) is 2.71. The third-order valence-electron chi connectivity index (χ3n) is 3.85. The Morgan fingerprint density at radius 2 is 1.95 bits per heavy atom. The molecule has 1 aromatic heterocycles. The Hall–Kier alpha value is -1.61. The van der Waals surface area contributed by atoms with Gasteiger partial charge in [-0.1, -0.05) is 30.7 Å². The van der Waals surface area contributed by atoms with Gasteiger partial charge in [-0.3, -0.25) is 4.68 Å². The highest BCUT2D eigenvalue weighted by Crippen LogP contribution is 2.14. The SMILES string of the molecule is CCc1cc(CC(N)Cc2cc(C)ccc2C)n(C)n1. The van der Waals surface area contributed by atoms with E-state index in [9.17, 15) is 0 Å². The van der Waals surface area contributed by atoms with Gasteiger partial charge in [0, 0.05) is 25.2 Å². The van der Waals surface area contributed by atoms with E-state index in [-0.39, 0.29) is 6.04 Å². The molecule has 0 aliphatic carbocycles. The molecule has 20 heavy (non-hydrogen) atoms. The molecule has 2 aromatic rings. The van der Waals surface area contributed by atoms with Gasteiger partial charge in [-0.15, -0.1) is 0 Å². The summed E-state index contributed by atoms with van der Waals surface area (Å²) in [6.45, 7) is 6.41. The average Bonchev–Trinajstić information content (AvgIpc) is 2.74. The summed E-state index contributed by atoms with van der Waals surface area (Å²) < 4.78 is 1.96. The maximum atomic E-state index is 6.34. The third-order valence-corrected chi connectivity index (χ3v) is 3.85. The molecular formula is C17H25N3. The summed E-state index contributed by atoms with van der Waals surface area (Å²) >= 11 is 0. The third kappa shape index (κ3) is 3.48. The smallest absolute Gasteiger partial charge is 0.0624 e. The minimum absolute atomic E-state index is 0.135. The number of aromatic nitrogens is 2. The number of aryl methyl sites for hydroxylation is 4. The summed E-state index contributed by atoms with van der Waals surface area (Å²) in [6.07, 6.45) is 2.76. The lowest BCUT2D eigenvalue weighted by Crippen LogP contribution is -2.27. The molecule has 0 saturated carbocycles. The van der Waals surface area contributed by atoms with Crippen molar-refractivity contribution in [3.63, 3.8) is 0 Å². The quantitative estimate of drug-likeness (QED) is 0.908. The molecule has 1 unspecified atom stereocenters. The van der Waals surface area contributed by atoms with Gasteiger partial charge in [0.2, 0.25) is 0 Å². The molecule has 108 valence electrons. The Morgan fingerprint density at radius 1 is 1.20 bits per heavy atom. The first-order chi connectivity index (χ1) is 9.49. The van der Waals surface area contributed by atoms with Crippen LogP contribution in [0, 0.1) is 13.8 Å². The second-order valence-electron chi connectivity index (χ2n) is 5.70. The van der Waals surface area contributed by atoms with Gasteiger partial charge in [0.05, 0.1) is 5.69 Å². The molecule has 2 N–H and O–H groups in total. The largest absolute Gasteiger partial charge is 0.327 e. The van der Waals surface area contributed by atoms with Gasteiger partial charge in [-0.2, -0.15) is 5.10 Å². The van der Waals surface area contributed by atoms with Gasteiger partial charge >= 0.3 is 0 Å². The van der Waals surface area contributed by atoms with Gasteiger partial charge in [-0.25, -0.2) is 0 Å². The van der Waals surface area contributed by atoms with E-state index < -0.39 is 0 Å². The molecule has 0 aliphatic heterocycles. The monoisotopic (exact) mass is 271 g/mol. The molecule has 1 atom stereocenters. The van der Waals surface area contributed by atoms with E-state index in [0.29, 0.717) is 0 Å². The topological polar surface area (TPSA) is 43.8 Å². The summed E-state index contributed by atoms with van der Waals surface area (Å²) in [5.41, 5.74) is 12.7. The van der Waals surface area contributed by atoms with Crippen molar-refractivity contribution >= 4 is 0 Å². The Balaban J connectivity index is 2.06. The fourth-order valence-electron chi connectivity index (χ4n) is 2.58. The lowest BCUT2D eigenvalue weighted by molar-refractivity contribution is 0.610. The van der Waals surface area contributed by atoms with Crippen LogP contribution in [0.4, 0.5) is 0 Å². The van der Waals surface area contributed by atoms with Crippen molar-refractivity contribution in [2.75, 3.05) is 0 Å². The van der Waals surface area contributed by atoms with Crippen molar-refractivity contribution in [1.82, 2.24) is 9.78 Å². The van der Waals surface area contributed by atoms with Crippen LogP contribution in [0.25, 0.3) is 0 Å². The van der Waals surface area contributed by atoms with Crippen LogP contribution in [0.1, 0.15) is 35.0 Å². The first-order valence-corrected chi connectivity index (χ1v) is 7.33. The van der Waals surface area contributed by atoms with Gasteiger partial charge in [0.1, 0.15) is 0 Å². The lowest BCUT2D eigenvalue weighted by atomic mass is 9.97. The van der Waals surface area contributed by atoms with E-state index in [1.807, 2.05) is 11.7 Å². The molecule has 0 aliphatic rings. The highest BCUT2D eigenvalue weighted by Gasteiger charge is 2.11. The van der Waals surface area contributed by atoms with Gasteiger partial charge in [0.25, 0.3) is 0 Å². The average molecular weight is 271 g/mol. The highest BCUT2D eigenvalue weighted by molar-refractivity contribution is 5.31. The molecule has 2 rings (SSSR count). The molecule has 0 amide bonds. The predicted molar refractivity (Wildman–Crippen MR) is 83.9 cm³/mol. The molecule has 0 bridgehead atoms. The van der Waals surface area contributed by atoms with Gasteiger partial charge < -0.3 is 5.73 Å². The molecule has 3 heteroatoms. The fourth-order valence-corrected chi connectivity index (χ4v) is 2.58. The van der Waals surface area contributed by atoms with Crippen molar-refractivity contribution in [2.45, 2.75) is 46.1 Å². The minimum Gasteiger partial charge on any atom is -0.327 e. The van der Waals surface area contributed by atoms with E-state index >= 15 is 0 Å². The van der Waals surface area contributed by atoms with Crippen molar-refractivity contribution in [3.05, 3.63) is 52.3 Å². The van der Waals surface area contributed by atoms with Gasteiger partial charge in [-0.05, 0) is 43.9 Å². The number of hydrogen-bond acceptors (Lipinski definition) is 2. The van der Waals surface area contributed by atoms with Crippen molar-refractivity contribution in [1.29, 1.82) is 0 Å². The zero-order valence-electron chi connectivity index (χ0n) is 13.0. The van der Waals surface area contributed by atoms with Crippen molar-refractivity contribution in [2.24, 2.45) is 12.8 Å². The van der Waals surface area contributed by atoms with Crippen LogP contribution in [0.2, 0.25) is 0 Å². The standard InChI is InChI=1S/C17H25N3/c1-5-16-11-17(20(4)19-16)10-15(18)9-14-8-12(2)6-7-13(14)3/h6-8,11,15H,5,9-10,18H2,1-4H3. The summed E-state index contributed by atoms with van der Waals surface area (Å²) in [5.74, 6) is 0. The molecule has 1 aromatic carbocycles. The summed E-state index contributed by atoms with van der Waals surface area (Å²) in [6, 6.07) is 8.88. The lowest BCUT2D eigenvalue weighted by Gasteiger charge is -2.14. The van der Waals surface area contributed by atoms with Gasteiger partial charge in [0.15, 0.2) is 0 Å². The molecule has 0 fully saturated rings. The van der Waals surface area contributed by atoms with Crippen LogP contribution < -0.4 is 5.73 Å². The zero-order chi connectivity index (χ0) is 14.7. The number of benzene rings is 1. The molecule has 1 heterocycles. The Labute approximate surface area is 121 Å². The summed E-state index contributed by atoms with van der Waals surface area (Å²) in [5, 5.41) is 4.48. The van der Waals surface area contributed by atoms with Crippen LogP contribution in [0.15, 0.2) is 24.3 Å². The van der Waals surface area contributed by atoms with Crippen LogP contribution in [-0.2, 0) is 26.3 Å². The molecule has 0 radical (unpaired) electrons. The van der Waals surface area contributed by atoms with E-state index in [1.54, 1.807) is 0 Å². The number of hydrogen-bond donors (Lipinski definition) is 1. The second kappa shape index (κ2) is 6.23. The molecular weight excluding hydrogens is 246 g/mol. The van der Waals surface area contributed by atoms with Crippen LogP contribution in [0.3, 0.4) is 0 Å². The van der Waals surface area contributed by atoms with E-state index in [0.717, 1.165) is 25.0 Å². The maximum absolute atomic E-state index is 6.34. The van der Waals surface area contributed by atoms with Crippen molar-refractivity contribution in [3.8, 4) is 0 Å². The summed E-state index contributed by atoms with van der Waals surface area (Å²) in [7, 11) is 2.00. The molecule has 0 saturated heterocycles. The Bertz CT molecular complexity index is 584. The van der Waals surface area contributed by atoms with Crippen LogP contribution in [0.5, 0.6) is 0 Å². The fraction of sp³-hybridized carbons (Fsp3) is 0.471. The maximum Gasteiger partial charge on any atom is 0.0624 e. The normalized spacial score (nSPS) is 12.7. The second-order valence-corrected chi connectivity index (χ2v) is 5.70. The zero-order valence-corrected chi connectivity index (χ0v) is 13.0. The minimum atomic E-state index is 0.135. The number of nitrogens with zero attached hydrogens (tertiary/aromatic N) is 2. The van der Waals surface area contributed by atoms with Crippen molar-refractivity contribution < 1.29 is 0 Å². The first-order valence-electron chi connectivity index (χ1n) is 7.33. The van der Waals surface area contributed by atoms with E-state index in [4.69, 9.17) is 5.73 Å². The first kappa shape index (κ1) is 14.8. The van der Waals surface area contributed by atoms with E-state index in [2.05, 4.69) is 50.1 Å². The molecule has 3 nitrogen and oxygen atoms in total. The number of rotatable bonds is 5.